The first-order valence-corrected chi connectivity index (χ1v) is 11.7. The van der Waals surface area contributed by atoms with Crippen LogP contribution in [0, 0.1) is 0 Å². The normalized spacial score (nSPS) is 20.6. The largest absolute Gasteiger partial charge is 0.390 e. The van der Waals surface area contributed by atoms with Crippen LogP contribution in [0.4, 0.5) is 14.6 Å². The smallest absolute Gasteiger partial charge is 0.272 e. The van der Waals surface area contributed by atoms with E-state index in [1.807, 2.05) is 12.1 Å². The van der Waals surface area contributed by atoms with Gasteiger partial charge in [-0.15, -0.1) is 0 Å². The van der Waals surface area contributed by atoms with Crippen LogP contribution in [0.15, 0.2) is 49.1 Å². The number of rotatable bonds is 6. The zero-order valence-electron chi connectivity index (χ0n) is 19.1. The molecule has 0 bridgehead atoms. The molecule has 3 aromatic rings. The van der Waals surface area contributed by atoms with E-state index in [1.54, 1.807) is 11.1 Å². The van der Waals surface area contributed by atoms with Crippen LogP contribution in [-0.4, -0.2) is 85.1 Å². The Bertz CT molecular complexity index is 1170. The summed E-state index contributed by atoms with van der Waals surface area (Å²) in [5, 5.41) is 13.5. The molecular weight excluding hydrogens is 456 g/mol. The quantitative estimate of drug-likeness (QED) is 0.553. The Morgan fingerprint density at radius 1 is 1.20 bits per heavy atom. The van der Waals surface area contributed by atoms with Crippen molar-refractivity contribution in [3.8, 4) is 5.95 Å². The molecule has 9 nitrogen and oxygen atoms in total. The first-order chi connectivity index (χ1) is 17.0. The fourth-order valence-electron chi connectivity index (χ4n) is 4.80. The van der Waals surface area contributed by atoms with Crippen LogP contribution in [0.25, 0.3) is 5.95 Å². The van der Waals surface area contributed by atoms with Crippen molar-refractivity contribution in [1.29, 1.82) is 0 Å². The summed E-state index contributed by atoms with van der Waals surface area (Å²) >= 11 is 0. The molecule has 1 aromatic carbocycles. The fourth-order valence-corrected chi connectivity index (χ4v) is 4.80. The number of nitrogens with one attached hydrogen (secondary N) is 1. The Morgan fingerprint density at radius 2 is 2.03 bits per heavy atom. The molecule has 1 fully saturated rings. The highest BCUT2D eigenvalue weighted by Gasteiger charge is 2.36. The molecule has 0 spiro atoms. The Balaban J connectivity index is 1.30. The van der Waals surface area contributed by atoms with Gasteiger partial charge in [0.15, 0.2) is 0 Å². The maximum absolute atomic E-state index is 13.3. The number of amides is 1. The van der Waals surface area contributed by atoms with E-state index in [2.05, 4.69) is 37.3 Å². The van der Waals surface area contributed by atoms with E-state index >= 15 is 0 Å². The predicted molar refractivity (Wildman–Crippen MR) is 125 cm³/mol. The number of hydrogen-bond donors (Lipinski definition) is 2. The second-order valence-electron chi connectivity index (χ2n) is 8.84. The number of anilines is 1. The number of aromatic nitrogens is 4. The molecule has 2 unspecified atom stereocenters. The number of hydrogen-bond acceptors (Lipinski definition) is 7. The summed E-state index contributed by atoms with van der Waals surface area (Å²) in [4.78, 5) is 29.7. The number of benzene rings is 1. The molecule has 0 saturated carbocycles. The van der Waals surface area contributed by atoms with Gasteiger partial charge in [0.2, 0.25) is 5.95 Å². The van der Waals surface area contributed by atoms with Crippen LogP contribution in [-0.2, 0) is 13.0 Å². The van der Waals surface area contributed by atoms with E-state index in [1.165, 1.54) is 34.3 Å². The zero-order chi connectivity index (χ0) is 24.4. The van der Waals surface area contributed by atoms with Crippen LogP contribution in [0.5, 0.6) is 0 Å². The Labute approximate surface area is 201 Å². The third-order valence-corrected chi connectivity index (χ3v) is 6.57. The van der Waals surface area contributed by atoms with Crippen molar-refractivity contribution in [3.63, 3.8) is 0 Å². The van der Waals surface area contributed by atoms with Crippen molar-refractivity contribution in [3.05, 3.63) is 65.9 Å². The zero-order valence-corrected chi connectivity index (χ0v) is 19.1. The Hall–Kier alpha value is -3.44. The predicted octanol–water partition coefficient (Wildman–Crippen LogP) is 1.97. The minimum Gasteiger partial charge on any atom is -0.390 e. The van der Waals surface area contributed by atoms with E-state index in [0.717, 1.165) is 19.5 Å². The summed E-state index contributed by atoms with van der Waals surface area (Å²) in [5.41, 5.74) is 2.69. The lowest BCUT2D eigenvalue weighted by molar-refractivity contribution is -0.0139. The SMILES string of the molecule is O=C(c1cc(NCC(F)F)nc(-n2ccnc2)n1)N1CCC(N2CCc3ccccc3C2)C(O)C1. The van der Waals surface area contributed by atoms with Gasteiger partial charge in [0, 0.05) is 50.7 Å². The molecule has 2 aromatic heterocycles. The number of halogens is 2. The van der Waals surface area contributed by atoms with E-state index in [0.29, 0.717) is 13.0 Å². The van der Waals surface area contributed by atoms with E-state index < -0.39 is 19.1 Å². The molecular formula is C24H27F2N7O2. The van der Waals surface area contributed by atoms with E-state index in [9.17, 15) is 18.7 Å². The summed E-state index contributed by atoms with van der Waals surface area (Å²) in [6.45, 7) is 1.68. The topological polar surface area (TPSA) is 99.4 Å². The second kappa shape index (κ2) is 10.0. The highest BCUT2D eigenvalue weighted by molar-refractivity contribution is 5.93. The number of imidazole rings is 1. The minimum atomic E-state index is -2.57. The van der Waals surface area contributed by atoms with Gasteiger partial charge in [-0.1, -0.05) is 24.3 Å². The Morgan fingerprint density at radius 3 is 2.77 bits per heavy atom. The van der Waals surface area contributed by atoms with Crippen molar-refractivity contribution in [1.82, 2.24) is 29.3 Å². The highest BCUT2D eigenvalue weighted by Crippen LogP contribution is 2.26. The summed E-state index contributed by atoms with van der Waals surface area (Å²) in [6, 6.07) is 9.68. The molecule has 4 heterocycles. The first kappa shape index (κ1) is 23.3. The number of carbonyl (C=O) groups is 1. The number of aliphatic hydroxyl groups is 1. The van der Waals surface area contributed by atoms with Crippen molar-refractivity contribution in [2.75, 3.05) is 31.5 Å². The average molecular weight is 484 g/mol. The standard InChI is InChI=1S/C24H27F2N7O2/c25-21(26)12-28-22-11-18(29-24(30-22)33-10-7-27-15-33)23(35)32-9-6-19(20(34)14-32)31-8-5-16-3-1-2-4-17(16)13-31/h1-4,7,10-11,15,19-21,34H,5-6,8-9,12-14H2,(H,28,29,30). The number of carbonyl (C=O) groups excluding carboxylic acids is 1. The molecule has 11 heteroatoms. The molecule has 2 N–H and O–H groups in total. The summed E-state index contributed by atoms with van der Waals surface area (Å²) in [7, 11) is 0. The van der Waals surface area contributed by atoms with Gasteiger partial charge < -0.3 is 15.3 Å². The molecule has 0 radical (unpaired) electrons. The van der Waals surface area contributed by atoms with Crippen LogP contribution < -0.4 is 5.32 Å². The van der Waals surface area contributed by atoms with Gasteiger partial charge in [0.1, 0.15) is 17.8 Å². The Kier molecular flexibility index (Phi) is 6.69. The fraction of sp³-hybridized carbons (Fsp3) is 0.417. The lowest BCUT2D eigenvalue weighted by Gasteiger charge is -2.43. The number of β-amino-alcohol motifs (C(OH)–C–C–N with tert-alkyl or cyclic N) is 1. The van der Waals surface area contributed by atoms with Crippen molar-refractivity contribution in [2.24, 2.45) is 0 Å². The third-order valence-electron chi connectivity index (χ3n) is 6.57. The van der Waals surface area contributed by atoms with E-state index in [-0.39, 0.29) is 36.0 Å². The van der Waals surface area contributed by atoms with Crippen molar-refractivity contribution < 1.29 is 18.7 Å². The second-order valence-corrected chi connectivity index (χ2v) is 8.84. The number of aliphatic hydroxyl groups excluding tert-OH is 1. The minimum absolute atomic E-state index is 0.0393. The number of nitrogens with zero attached hydrogens (tertiary/aromatic N) is 6. The van der Waals surface area contributed by atoms with Crippen molar-refractivity contribution >= 4 is 11.7 Å². The molecule has 2 atom stereocenters. The first-order valence-electron chi connectivity index (χ1n) is 11.7. The van der Waals surface area contributed by atoms with Crippen LogP contribution in [0.2, 0.25) is 0 Å². The van der Waals surface area contributed by atoms with Gasteiger partial charge in [-0.3, -0.25) is 14.3 Å². The molecule has 184 valence electrons. The van der Waals surface area contributed by atoms with Gasteiger partial charge in [0.05, 0.1) is 12.6 Å². The van der Waals surface area contributed by atoms with E-state index in [4.69, 9.17) is 0 Å². The lowest BCUT2D eigenvalue weighted by Crippen LogP contribution is -2.56. The van der Waals surface area contributed by atoms with Crippen LogP contribution in [0.3, 0.4) is 0 Å². The molecule has 1 saturated heterocycles. The molecule has 1 amide bonds. The summed E-state index contributed by atoms with van der Waals surface area (Å²) in [6.07, 6.45) is 2.89. The molecule has 2 aliphatic rings. The maximum Gasteiger partial charge on any atom is 0.272 e. The lowest BCUT2D eigenvalue weighted by atomic mass is 9.94. The third kappa shape index (κ3) is 5.15. The molecule has 0 aliphatic carbocycles. The number of fused-ring (bicyclic) bond motifs is 1. The monoisotopic (exact) mass is 483 g/mol. The average Bonchev–Trinajstić information content (AvgIpc) is 3.42. The molecule has 35 heavy (non-hydrogen) atoms. The van der Waals surface area contributed by atoms with Gasteiger partial charge in [0.25, 0.3) is 12.3 Å². The number of likely N-dealkylation sites (tertiary alicyclic amines) is 1. The molecule has 5 rings (SSSR count). The van der Waals surface area contributed by atoms with Crippen molar-refractivity contribution in [2.45, 2.75) is 38.0 Å². The summed E-state index contributed by atoms with van der Waals surface area (Å²) < 4.78 is 27.0. The highest BCUT2D eigenvalue weighted by atomic mass is 19.3. The van der Waals surface area contributed by atoms with Gasteiger partial charge >= 0.3 is 0 Å². The van der Waals surface area contributed by atoms with Gasteiger partial charge in [-0.2, -0.15) is 4.98 Å². The van der Waals surface area contributed by atoms with Gasteiger partial charge in [-0.25, -0.2) is 18.7 Å². The van der Waals surface area contributed by atoms with Crippen LogP contribution >= 0.6 is 0 Å². The van der Waals surface area contributed by atoms with Crippen LogP contribution in [0.1, 0.15) is 28.0 Å². The maximum atomic E-state index is 13.3. The summed E-state index contributed by atoms with van der Waals surface area (Å²) in [5.74, 6) is -0.113. The molecule has 2 aliphatic heterocycles. The number of alkyl halides is 2. The number of piperidine rings is 1. The van der Waals surface area contributed by atoms with Gasteiger partial charge in [-0.05, 0) is 24.0 Å².